The van der Waals surface area contributed by atoms with E-state index in [2.05, 4.69) is 4.98 Å². The van der Waals surface area contributed by atoms with Crippen molar-refractivity contribution in [1.29, 1.82) is 0 Å². The first-order chi connectivity index (χ1) is 9.18. The van der Waals surface area contributed by atoms with E-state index in [1.807, 2.05) is 6.92 Å². The minimum atomic E-state index is -0.811. The van der Waals surface area contributed by atoms with Gasteiger partial charge in [0.25, 0.3) is 0 Å². The summed E-state index contributed by atoms with van der Waals surface area (Å²) in [4.78, 5) is 3.82. The fraction of sp³-hybridized carbons (Fsp3) is 0.667. The highest BCUT2D eigenvalue weighted by Crippen LogP contribution is 2.40. The minimum Gasteiger partial charge on any atom is -0.385 e. The van der Waals surface area contributed by atoms with E-state index in [9.17, 15) is 9.50 Å². The van der Waals surface area contributed by atoms with E-state index in [1.54, 1.807) is 0 Å². The molecule has 0 bridgehead atoms. The molecule has 4 heteroatoms. The zero-order valence-electron chi connectivity index (χ0n) is 11.4. The predicted molar refractivity (Wildman–Crippen MR) is 71.2 cm³/mol. The zero-order valence-corrected chi connectivity index (χ0v) is 11.4. The second-order valence-electron chi connectivity index (χ2n) is 5.25. The second kappa shape index (κ2) is 6.44. The largest absolute Gasteiger partial charge is 0.385 e. The Balaban J connectivity index is 2.26. The molecule has 1 fully saturated rings. The lowest BCUT2D eigenvalue weighted by atomic mass is 9.84. The maximum atomic E-state index is 13.3. The molecular formula is C15H22FNO2. The van der Waals surface area contributed by atoms with Gasteiger partial charge < -0.3 is 9.84 Å². The molecule has 1 aromatic heterocycles. The topological polar surface area (TPSA) is 42.4 Å². The van der Waals surface area contributed by atoms with Crippen molar-refractivity contribution in [1.82, 2.24) is 4.98 Å². The highest BCUT2D eigenvalue weighted by molar-refractivity contribution is 5.17. The molecule has 0 aliphatic heterocycles. The van der Waals surface area contributed by atoms with Crippen molar-refractivity contribution < 1.29 is 14.2 Å². The van der Waals surface area contributed by atoms with Crippen LogP contribution < -0.4 is 0 Å². The van der Waals surface area contributed by atoms with E-state index < -0.39 is 17.5 Å². The summed E-state index contributed by atoms with van der Waals surface area (Å²) < 4.78 is 19.2. The van der Waals surface area contributed by atoms with Crippen molar-refractivity contribution in [3.05, 3.63) is 29.8 Å². The molecule has 1 unspecified atom stereocenters. The summed E-state index contributed by atoms with van der Waals surface area (Å²) in [6.07, 6.45) is 7.92. The number of halogens is 1. The molecule has 3 nitrogen and oxygen atoms in total. The molecule has 0 radical (unpaired) electrons. The molecule has 1 aliphatic carbocycles. The summed E-state index contributed by atoms with van der Waals surface area (Å²) >= 11 is 0. The van der Waals surface area contributed by atoms with Gasteiger partial charge in [0.2, 0.25) is 0 Å². The van der Waals surface area contributed by atoms with E-state index in [-0.39, 0.29) is 0 Å². The van der Waals surface area contributed by atoms with Gasteiger partial charge in [-0.15, -0.1) is 0 Å². The van der Waals surface area contributed by atoms with Gasteiger partial charge in [-0.05, 0) is 25.8 Å². The van der Waals surface area contributed by atoms with Crippen LogP contribution in [0, 0.1) is 5.82 Å². The lowest BCUT2D eigenvalue weighted by Gasteiger charge is -2.37. The van der Waals surface area contributed by atoms with E-state index in [0.717, 1.165) is 31.9 Å². The number of aliphatic hydroxyl groups is 1. The Morgan fingerprint density at radius 3 is 2.58 bits per heavy atom. The number of pyridine rings is 1. The number of nitrogens with zero attached hydrogens (tertiary/aromatic N) is 1. The molecule has 0 spiro atoms. The number of aliphatic hydroxyl groups excluding tert-OH is 1. The van der Waals surface area contributed by atoms with Gasteiger partial charge in [0.1, 0.15) is 11.9 Å². The molecule has 0 amide bonds. The maximum Gasteiger partial charge on any atom is 0.141 e. The maximum absolute atomic E-state index is 13.3. The molecule has 1 heterocycles. The molecule has 0 saturated heterocycles. The van der Waals surface area contributed by atoms with E-state index in [0.29, 0.717) is 12.2 Å². The minimum absolute atomic E-state index is 0.420. The third kappa shape index (κ3) is 3.31. The van der Waals surface area contributed by atoms with Crippen molar-refractivity contribution in [3.8, 4) is 0 Å². The van der Waals surface area contributed by atoms with Gasteiger partial charge >= 0.3 is 0 Å². The van der Waals surface area contributed by atoms with Crippen LogP contribution in [0.2, 0.25) is 0 Å². The summed E-state index contributed by atoms with van der Waals surface area (Å²) in [7, 11) is 0. The fourth-order valence-corrected chi connectivity index (χ4v) is 2.99. The second-order valence-corrected chi connectivity index (χ2v) is 5.25. The first-order valence-corrected chi connectivity index (χ1v) is 7.10. The molecule has 0 aromatic carbocycles. The zero-order chi connectivity index (χ0) is 13.7. The third-order valence-electron chi connectivity index (χ3n) is 3.92. The van der Waals surface area contributed by atoms with Crippen LogP contribution in [0.1, 0.15) is 57.1 Å². The van der Waals surface area contributed by atoms with Gasteiger partial charge in [0.15, 0.2) is 0 Å². The summed E-state index contributed by atoms with van der Waals surface area (Å²) in [5.74, 6) is -0.420. The monoisotopic (exact) mass is 267 g/mol. The fourth-order valence-electron chi connectivity index (χ4n) is 2.99. The quantitative estimate of drug-likeness (QED) is 0.850. The molecular weight excluding hydrogens is 245 g/mol. The molecule has 106 valence electrons. The molecule has 1 aromatic rings. The van der Waals surface area contributed by atoms with E-state index >= 15 is 0 Å². The molecule has 1 atom stereocenters. The van der Waals surface area contributed by atoms with Gasteiger partial charge in [-0.3, -0.25) is 4.98 Å². The summed E-state index contributed by atoms with van der Waals surface area (Å²) in [6, 6.07) is 1.35. The van der Waals surface area contributed by atoms with Crippen molar-refractivity contribution in [2.24, 2.45) is 0 Å². The van der Waals surface area contributed by atoms with Crippen molar-refractivity contribution >= 4 is 0 Å². The molecule has 1 aliphatic rings. The van der Waals surface area contributed by atoms with Crippen LogP contribution in [0.25, 0.3) is 0 Å². The Labute approximate surface area is 113 Å². The normalized spacial score (nSPS) is 20.8. The van der Waals surface area contributed by atoms with Gasteiger partial charge in [-0.25, -0.2) is 4.39 Å². The summed E-state index contributed by atoms with van der Waals surface area (Å²) in [5, 5.41) is 10.6. The first-order valence-electron chi connectivity index (χ1n) is 7.10. The van der Waals surface area contributed by atoms with Gasteiger partial charge in [-0.2, -0.15) is 0 Å². The van der Waals surface area contributed by atoms with Crippen molar-refractivity contribution in [2.75, 3.05) is 6.61 Å². The van der Waals surface area contributed by atoms with Crippen LogP contribution in [0.5, 0.6) is 0 Å². The van der Waals surface area contributed by atoms with E-state index in [1.165, 1.54) is 25.1 Å². The van der Waals surface area contributed by atoms with Gasteiger partial charge in [0.05, 0.1) is 11.8 Å². The van der Waals surface area contributed by atoms with Crippen LogP contribution in [0.4, 0.5) is 4.39 Å². The van der Waals surface area contributed by atoms with Crippen LogP contribution in [0.3, 0.4) is 0 Å². The number of aromatic nitrogens is 1. The predicted octanol–water partition coefficient (Wildman–Crippen LogP) is 3.38. The Hall–Kier alpha value is -1.00. The molecule has 1 saturated carbocycles. The highest BCUT2D eigenvalue weighted by Gasteiger charge is 2.40. The van der Waals surface area contributed by atoms with Crippen molar-refractivity contribution in [2.45, 2.75) is 57.2 Å². The van der Waals surface area contributed by atoms with Crippen LogP contribution in [-0.2, 0) is 4.74 Å². The van der Waals surface area contributed by atoms with E-state index in [4.69, 9.17) is 4.74 Å². The third-order valence-corrected chi connectivity index (χ3v) is 3.92. The Morgan fingerprint density at radius 2 is 2.00 bits per heavy atom. The van der Waals surface area contributed by atoms with Crippen LogP contribution in [0.15, 0.2) is 18.5 Å². The SMILES string of the molecule is CCOC1(C(O)c2cncc(F)c2)CCCCCC1. The summed E-state index contributed by atoms with van der Waals surface area (Å²) in [5.41, 5.74) is -0.0730. The Kier molecular flexibility index (Phi) is 4.88. The molecule has 1 N–H and O–H groups in total. The van der Waals surface area contributed by atoms with Crippen LogP contribution in [-0.4, -0.2) is 22.3 Å². The molecule has 19 heavy (non-hydrogen) atoms. The lowest BCUT2D eigenvalue weighted by Crippen LogP contribution is -2.39. The standard InChI is InChI=1S/C15H22FNO2/c1-2-19-15(7-5-3-4-6-8-15)14(18)12-9-13(16)11-17-10-12/h9-11,14,18H,2-8H2,1H3. The van der Waals surface area contributed by atoms with Gasteiger partial charge in [-0.1, -0.05) is 25.7 Å². The highest BCUT2D eigenvalue weighted by atomic mass is 19.1. The lowest BCUT2D eigenvalue weighted by molar-refractivity contribution is -0.131. The number of ether oxygens (including phenoxy) is 1. The smallest absolute Gasteiger partial charge is 0.141 e. The molecule has 2 rings (SSSR count). The average molecular weight is 267 g/mol. The Morgan fingerprint density at radius 1 is 1.32 bits per heavy atom. The average Bonchev–Trinajstić information content (AvgIpc) is 2.65. The Bertz CT molecular complexity index is 403. The number of hydrogen-bond acceptors (Lipinski definition) is 3. The van der Waals surface area contributed by atoms with Crippen LogP contribution >= 0.6 is 0 Å². The van der Waals surface area contributed by atoms with Crippen molar-refractivity contribution in [3.63, 3.8) is 0 Å². The first kappa shape index (κ1) is 14.4. The number of hydrogen-bond donors (Lipinski definition) is 1. The van der Waals surface area contributed by atoms with Gasteiger partial charge in [0, 0.05) is 18.4 Å². The number of rotatable bonds is 4. The summed E-state index contributed by atoms with van der Waals surface area (Å²) in [6.45, 7) is 2.49.